The van der Waals surface area contributed by atoms with Crippen LogP contribution in [0.4, 0.5) is 9.18 Å². The molecule has 0 radical (unpaired) electrons. The number of amides is 3. The van der Waals surface area contributed by atoms with E-state index in [1.807, 2.05) is 13.8 Å². The number of benzene rings is 2. The van der Waals surface area contributed by atoms with Gasteiger partial charge in [-0.25, -0.2) is 9.18 Å². The quantitative estimate of drug-likeness (QED) is 0.260. The Kier molecular flexibility index (Phi) is 10.6. The van der Waals surface area contributed by atoms with Crippen molar-refractivity contribution in [2.45, 2.75) is 58.2 Å². The van der Waals surface area contributed by atoms with E-state index in [-0.39, 0.29) is 41.6 Å². The zero-order valence-electron chi connectivity index (χ0n) is 26.0. The number of nitrogens with one attached hydrogen (secondary N) is 4. The van der Waals surface area contributed by atoms with Gasteiger partial charge in [-0.3, -0.25) is 4.79 Å². The van der Waals surface area contributed by atoms with Crippen molar-refractivity contribution in [3.63, 3.8) is 0 Å². The number of nitrogens with zero attached hydrogens (tertiary/aromatic N) is 2. The van der Waals surface area contributed by atoms with Crippen LogP contribution < -0.4 is 15.4 Å². The first kappa shape index (κ1) is 32.3. The molecule has 240 valence electrons. The van der Waals surface area contributed by atoms with Gasteiger partial charge in [-0.2, -0.15) is 0 Å². The Bertz CT molecular complexity index is 1430. The number of hydrogen-bond donors (Lipinski definition) is 4. The molecule has 0 unspecified atom stereocenters. The summed E-state index contributed by atoms with van der Waals surface area (Å²) in [7, 11) is 0. The van der Waals surface area contributed by atoms with Gasteiger partial charge in [0, 0.05) is 62.8 Å². The Morgan fingerprint density at radius 3 is 2.44 bits per heavy atom. The van der Waals surface area contributed by atoms with Crippen LogP contribution in [-0.4, -0.2) is 84.6 Å². The Balaban J connectivity index is 1.30. The summed E-state index contributed by atoms with van der Waals surface area (Å²) in [4.78, 5) is 29.6. The topological polar surface area (TPSA) is 131 Å². The number of rotatable bonds is 11. The summed E-state index contributed by atoms with van der Waals surface area (Å²) >= 11 is 0. The molecule has 0 aliphatic carbocycles. The second-order valence-electron chi connectivity index (χ2n) is 12.2. The molecule has 2 aromatic rings. The molecule has 3 heterocycles. The number of allylic oxidation sites excluding steroid dienone is 2. The highest BCUT2D eigenvalue weighted by atomic mass is 19.1. The molecule has 45 heavy (non-hydrogen) atoms. The van der Waals surface area contributed by atoms with Crippen molar-refractivity contribution in [2.24, 2.45) is 5.92 Å². The van der Waals surface area contributed by atoms with Crippen LogP contribution in [0.15, 0.2) is 48.6 Å². The first-order valence-corrected chi connectivity index (χ1v) is 15.8. The predicted molar refractivity (Wildman–Crippen MR) is 171 cm³/mol. The van der Waals surface area contributed by atoms with Crippen LogP contribution in [0.5, 0.6) is 11.5 Å². The van der Waals surface area contributed by atoms with Crippen molar-refractivity contribution in [3.8, 4) is 11.5 Å². The molecule has 3 aliphatic rings. The lowest BCUT2D eigenvalue weighted by Gasteiger charge is -2.39. The molecular weight excluding hydrogens is 575 g/mol. The molecule has 4 N–H and O–H groups in total. The van der Waals surface area contributed by atoms with Gasteiger partial charge >= 0.3 is 6.03 Å². The number of carbonyl (C=O) groups is 2. The summed E-state index contributed by atoms with van der Waals surface area (Å²) in [5, 5.41) is 22.1. The highest BCUT2D eigenvalue weighted by molar-refractivity contribution is 6.10. The Morgan fingerprint density at radius 1 is 1.09 bits per heavy atom. The maximum Gasteiger partial charge on any atom is 0.317 e. The van der Waals surface area contributed by atoms with Gasteiger partial charge in [-0.1, -0.05) is 13.8 Å². The van der Waals surface area contributed by atoms with Gasteiger partial charge in [0.1, 0.15) is 17.3 Å². The molecule has 3 fully saturated rings. The Labute approximate surface area is 264 Å². The van der Waals surface area contributed by atoms with Gasteiger partial charge in [-0.05, 0) is 85.7 Å². The summed E-state index contributed by atoms with van der Waals surface area (Å²) in [5.74, 6) is -0.366. The molecule has 0 spiro atoms. The lowest BCUT2D eigenvalue weighted by Crippen LogP contribution is -2.49. The summed E-state index contributed by atoms with van der Waals surface area (Å²) in [5.41, 5.74) is 1.68. The lowest BCUT2D eigenvalue weighted by molar-refractivity contribution is 0.0238. The number of likely N-dealkylation sites (tertiary alicyclic amines) is 1. The third kappa shape index (κ3) is 8.34. The molecule has 0 aromatic heterocycles. The molecule has 0 atom stereocenters. The average molecular weight is 619 g/mol. The molecule has 3 saturated heterocycles. The maximum absolute atomic E-state index is 15.5. The van der Waals surface area contributed by atoms with E-state index >= 15 is 4.39 Å². The summed E-state index contributed by atoms with van der Waals surface area (Å²) in [6, 6.07) is 9.80. The standard InChI is InChI=1S/C34H43FN6O4/c1-22(2)30(36)7-8-31(37)23-3-5-27(6-4-23)45-32-20-28(29(35)19-24(32)21-41-16-13-38-34(41)43)33(42)39-25-9-14-40(15-10-25)26-11-17-44-18-12-26/h3-8,19-20,22,25-26,36-37H,9-18,21H2,1-2H3,(H,38,43)(H,39,42)/b8-7-,36-30?,37-31?. The number of carbonyl (C=O) groups excluding carboxylic acids is 2. The minimum absolute atomic E-state index is 0.0495. The number of urea groups is 1. The highest BCUT2D eigenvalue weighted by Crippen LogP contribution is 2.31. The van der Waals surface area contributed by atoms with E-state index in [9.17, 15) is 9.59 Å². The van der Waals surface area contributed by atoms with E-state index < -0.39 is 11.7 Å². The fourth-order valence-corrected chi connectivity index (χ4v) is 5.87. The van der Waals surface area contributed by atoms with Crippen LogP contribution >= 0.6 is 0 Å². The van der Waals surface area contributed by atoms with Crippen LogP contribution in [0.1, 0.15) is 61.0 Å². The van der Waals surface area contributed by atoms with Gasteiger partial charge in [0.05, 0.1) is 17.8 Å². The highest BCUT2D eigenvalue weighted by Gasteiger charge is 2.29. The van der Waals surface area contributed by atoms with Crippen LogP contribution in [0.3, 0.4) is 0 Å². The summed E-state index contributed by atoms with van der Waals surface area (Å²) in [6.45, 7) is 8.30. The molecule has 5 rings (SSSR count). The minimum Gasteiger partial charge on any atom is -0.457 e. The van der Waals surface area contributed by atoms with Crippen molar-refractivity contribution in [1.29, 1.82) is 10.8 Å². The first-order chi connectivity index (χ1) is 21.7. The molecule has 2 aromatic carbocycles. The molecule has 11 heteroatoms. The molecule has 10 nitrogen and oxygen atoms in total. The maximum atomic E-state index is 15.5. The largest absolute Gasteiger partial charge is 0.457 e. The van der Waals surface area contributed by atoms with Crippen LogP contribution in [0, 0.1) is 22.6 Å². The van der Waals surface area contributed by atoms with Gasteiger partial charge in [0.15, 0.2) is 0 Å². The van der Waals surface area contributed by atoms with E-state index in [4.69, 9.17) is 20.3 Å². The molecule has 3 aliphatic heterocycles. The third-order valence-corrected chi connectivity index (χ3v) is 8.72. The van der Waals surface area contributed by atoms with E-state index in [2.05, 4.69) is 15.5 Å². The van der Waals surface area contributed by atoms with Crippen LogP contribution in [0.25, 0.3) is 0 Å². The predicted octanol–water partition coefficient (Wildman–Crippen LogP) is 5.12. The minimum atomic E-state index is -0.670. The number of ether oxygens (including phenoxy) is 2. The average Bonchev–Trinajstić information content (AvgIpc) is 3.45. The summed E-state index contributed by atoms with van der Waals surface area (Å²) < 4.78 is 27.2. The monoisotopic (exact) mass is 618 g/mol. The van der Waals surface area contributed by atoms with Crippen molar-refractivity contribution < 1.29 is 23.5 Å². The number of piperidine rings is 1. The second kappa shape index (κ2) is 14.8. The Morgan fingerprint density at radius 2 is 1.80 bits per heavy atom. The zero-order valence-corrected chi connectivity index (χ0v) is 26.0. The van der Waals surface area contributed by atoms with Crippen LogP contribution in [-0.2, 0) is 11.3 Å². The van der Waals surface area contributed by atoms with Gasteiger partial charge in [0.2, 0.25) is 0 Å². The lowest BCUT2D eigenvalue weighted by atomic mass is 9.99. The summed E-state index contributed by atoms with van der Waals surface area (Å²) in [6.07, 6.45) is 6.87. The van der Waals surface area contributed by atoms with Crippen molar-refractivity contribution in [1.82, 2.24) is 20.4 Å². The van der Waals surface area contributed by atoms with E-state index in [1.165, 1.54) is 12.1 Å². The van der Waals surface area contributed by atoms with Crippen molar-refractivity contribution in [2.75, 3.05) is 39.4 Å². The van der Waals surface area contributed by atoms with E-state index in [1.54, 1.807) is 41.3 Å². The second-order valence-corrected chi connectivity index (χ2v) is 12.2. The fourth-order valence-electron chi connectivity index (χ4n) is 5.87. The SMILES string of the molecule is CC(C)C(=N)/C=C\C(=N)c1ccc(Oc2cc(C(=O)NC3CCN(C4CCOCC4)CC3)c(F)cc2CN2CCNC2=O)cc1. The normalized spacial score (nSPS) is 18.4. The Hall–Kier alpha value is -4.09. The zero-order chi connectivity index (χ0) is 31.9. The third-order valence-electron chi connectivity index (χ3n) is 8.72. The van der Waals surface area contributed by atoms with Crippen molar-refractivity contribution >= 4 is 23.4 Å². The van der Waals surface area contributed by atoms with Crippen LogP contribution in [0.2, 0.25) is 0 Å². The van der Waals surface area contributed by atoms with Gasteiger partial charge < -0.3 is 40.7 Å². The van der Waals surface area contributed by atoms with E-state index in [0.29, 0.717) is 41.7 Å². The molecule has 0 bridgehead atoms. The van der Waals surface area contributed by atoms with Gasteiger partial charge in [-0.15, -0.1) is 0 Å². The molecular formula is C34H43FN6O4. The van der Waals surface area contributed by atoms with Gasteiger partial charge in [0.25, 0.3) is 5.91 Å². The number of halogens is 1. The first-order valence-electron chi connectivity index (χ1n) is 15.8. The van der Waals surface area contributed by atoms with Crippen molar-refractivity contribution in [3.05, 3.63) is 71.1 Å². The fraction of sp³-hybridized carbons (Fsp3) is 0.471. The number of hydrogen-bond acceptors (Lipinski definition) is 7. The van der Waals surface area contributed by atoms with E-state index in [0.717, 1.165) is 52.0 Å². The molecule has 3 amide bonds. The molecule has 0 saturated carbocycles. The smallest absolute Gasteiger partial charge is 0.317 e.